The monoisotopic (exact) mass is 274 g/mol. The molecule has 3 rings (SSSR count). The number of hydrogen-bond acceptors (Lipinski definition) is 3. The van der Waals surface area contributed by atoms with E-state index in [2.05, 4.69) is 5.32 Å². The van der Waals surface area contributed by atoms with Crippen LogP contribution in [0, 0.1) is 5.92 Å². The van der Waals surface area contributed by atoms with E-state index in [0.29, 0.717) is 6.61 Å². The number of fused-ring (bicyclic) bond motifs is 3. The average molecular weight is 274 g/mol. The number of carbonyl (C=O) groups excluding carboxylic acids is 2. The molecule has 1 N–H and O–H groups in total. The number of amides is 2. The molecule has 0 bridgehead atoms. The Kier molecular flexibility index (Phi) is 3.12. The van der Waals surface area contributed by atoms with Crippen molar-refractivity contribution < 1.29 is 14.3 Å². The van der Waals surface area contributed by atoms with E-state index < -0.39 is 12.1 Å². The van der Waals surface area contributed by atoms with Crippen molar-refractivity contribution in [3.8, 4) is 0 Å². The number of rotatable bonds is 2. The quantitative estimate of drug-likeness (QED) is 0.901. The Morgan fingerprint density at radius 2 is 2.15 bits per heavy atom. The van der Waals surface area contributed by atoms with Gasteiger partial charge in [0.25, 0.3) is 0 Å². The van der Waals surface area contributed by atoms with E-state index in [9.17, 15) is 9.59 Å². The van der Waals surface area contributed by atoms with E-state index in [1.807, 2.05) is 38.1 Å². The molecule has 106 valence electrons. The summed E-state index contributed by atoms with van der Waals surface area (Å²) in [5.74, 6) is -0.0504. The van der Waals surface area contributed by atoms with Crippen LogP contribution < -0.4 is 5.32 Å². The van der Waals surface area contributed by atoms with Gasteiger partial charge in [-0.3, -0.25) is 9.69 Å². The maximum absolute atomic E-state index is 12.5. The third-order valence-electron chi connectivity index (χ3n) is 4.24. The molecular weight excluding hydrogens is 256 g/mol. The summed E-state index contributed by atoms with van der Waals surface area (Å²) >= 11 is 0. The molecule has 5 nitrogen and oxygen atoms in total. The highest BCUT2D eigenvalue weighted by Crippen LogP contribution is 2.38. The van der Waals surface area contributed by atoms with Gasteiger partial charge in [0.1, 0.15) is 12.6 Å². The lowest BCUT2D eigenvalue weighted by Crippen LogP contribution is -2.47. The molecule has 0 unspecified atom stereocenters. The van der Waals surface area contributed by atoms with Crippen LogP contribution in [0.15, 0.2) is 24.3 Å². The summed E-state index contributed by atoms with van der Waals surface area (Å²) in [7, 11) is 0. The summed E-state index contributed by atoms with van der Waals surface area (Å²) in [6.07, 6.45) is 0.428. The predicted octanol–water partition coefficient (Wildman–Crippen LogP) is 2.55. The fraction of sp³-hybridized carbons (Fsp3) is 0.467. The molecule has 0 saturated carbocycles. The minimum Gasteiger partial charge on any atom is -0.447 e. The molecule has 1 saturated heterocycles. The van der Waals surface area contributed by atoms with Crippen LogP contribution in [0.3, 0.4) is 0 Å². The van der Waals surface area contributed by atoms with Crippen LogP contribution in [-0.2, 0) is 9.53 Å². The van der Waals surface area contributed by atoms with E-state index in [0.717, 1.165) is 17.7 Å². The molecule has 2 amide bonds. The molecule has 2 aliphatic heterocycles. The fourth-order valence-electron chi connectivity index (χ4n) is 2.97. The number of para-hydroxylation sites is 1. The standard InChI is InChI=1S/C15H18N2O3/c1-3-9(2)13-14(18)16-11-7-5-4-6-10(11)12-8-20-15(19)17(12)13/h4-7,9,12-13H,3,8H2,1-2H3,(H,16,18)/t9-,12-,13-/m0/s1. The molecule has 0 spiro atoms. The normalized spacial score (nSPS) is 26.2. The Bertz CT molecular complexity index is 558. The molecule has 1 aromatic carbocycles. The second kappa shape index (κ2) is 4.81. The van der Waals surface area contributed by atoms with E-state index in [1.54, 1.807) is 4.90 Å². The van der Waals surface area contributed by atoms with Crippen molar-refractivity contribution in [2.24, 2.45) is 5.92 Å². The minimum absolute atomic E-state index is 0.0810. The van der Waals surface area contributed by atoms with Gasteiger partial charge < -0.3 is 10.1 Å². The average Bonchev–Trinajstić information content (AvgIpc) is 2.75. The van der Waals surface area contributed by atoms with Gasteiger partial charge in [0.05, 0.1) is 6.04 Å². The summed E-state index contributed by atoms with van der Waals surface area (Å²) in [6, 6.07) is 6.94. The van der Waals surface area contributed by atoms with Gasteiger partial charge in [-0.05, 0) is 12.0 Å². The third kappa shape index (κ3) is 1.85. The lowest BCUT2D eigenvalue weighted by Gasteiger charge is -2.30. The van der Waals surface area contributed by atoms with Crippen LogP contribution in [0.25, 0.3) is 0 Å². The fourth-order valence-corrected chi connectivity index (χ4v) is 2.97. The van der Waals surface area contributed by atoms with Crippen LogP contribution in [0.1, 0.15) is 31.9 Å². The number of benzene rings is 1. The third-order valence-corrected chi connectivity index (χ3v) is 4.24. The number of nitrogens with one attached hydrogen (secondary N) is 1. The Hall–Kier alpha value is -2.04. The van der Waals surface area contributed by atoms with Gasteiger partial charge >= 0.3 is 6.09 Å². The van der Waals surface area contributed by atoms with Crippen LogP contribution >= 0.6 is 0 Å². The Labute approximate surface area is 117 Å². The number of hydrogen-bond donors (Lipinski definition) is 1. The number of ether oxygens (including phenoxy) is 1. The van der Waals surface area contributed by atoms with E-state index in [1.165, 1.54) is 0 Å². The molecule has 3 atom stereocenters. The summed E-state index contributed by atoms with van der Waals surface area (Å²) in [5, 5.41) is 2.95. The number of cyclic esters (lactones) is 1. The highest BCUT2D eigenvalue weighted by molar-refractivity contribution is 5.99. The lowest BCUT2D eigenvalue weighted by atomic mass is 9.96. The first-order chi connectivity index (χ1) is 9.63. The van der Waals surface area contributed by atoms with Crippen molar-refractivity contribution in [3.05, 3.63) is 29.8 Å². The van der Waals surface area contributed by atoms with Crippen LogP contribution in [0.2, 0.25) is 0 Å². The highest BCUT2D eigenvalue weighted by Gasteiger charge is 2.46. The predicted molar refractivity (Wildman–Crippen MR) is 74.2 cm³/mol. The first-order valence-corrected chi connectivity index (χ1v) is 6.98. The van der Waals surface area contributed by atoms with Crippen molar-refractivity contribution in [2.45, 2.75) is 32.4 Å². The topological polar surface area (TPSA) is 58.6 Å². The molecule has 0 aliphatic carbocycles. The maximum Gasteiger partial charge on any atom is 0.411 e. The number of carbonyl (C=O) groups is 2. The Morgan fingerprint density at radius 1 is 1.40 bits per heavy atom. The second-order valence-electron chi connectivity index (χ2n) is 5.41. The Morgan fingerprint density at radius 3 is 2.90 bits per heavy atom. The van der Waals surface area contributed by atoms with Gasteiger partial charge in [-0.1, -0.05) is 38.5 Å². The van der Waals surface area contributed by atoms with Crippen molar-refractivity contribution in [1.82, 2.24) is 4.90 Å². The first kappa shape index (κ1) is 13.0. The summed E-state index contributed by atoms with van der Waals surface area (Å²) in [6.45, 7) is 4.31. The van der Waals surface area contributed by atoms with Gasteiger partial charge in [-0.2, -0.15) is 0 Å². The van der Waals surface area contributed by atoms with Gasteiger partial charge in [0.2, 0.25) is 5.91 Å². The Balaban J connectivity index is 2.10. The molecular formula is C15H18N2O3. The highest BCUT2D eigenvalue weighted by atomic mass is 16.6. The van der Waals surface area contributed by atoms with Gasteiger partial charge in [-0.25, -0.2) is 4.79 Å². The van der Waals surface area contributed by atoms with E-state index >= 15 is 0 Å². The maximum atomic E-state index is 12.5. The smallest absolute Gasteiger partial charge is 0.411 e. The van der Waals surface area contributed by atoms with Crippen LogP contribution in [0.5, 0.6) is 0 Å². The van der Waals surface area contributed by atoms with Crippen molar-refractivity contribution >= 4 is 17.7 Å². The summed E-state index contributed by atoms with van der Waals surface area (Å²) in [5.41, 5.74) is 1.72. The summed E-state index contributed by atoms with van der Waals surface area (Å²) in [4.78, 5) is 26.2. The van der Waals surface area contributed by atoms with Crippen LogP contribution in [0.4, 0.5) is 10.5 Å². The number of anilines is 1. The molecule has 0 radical (unpaired) electrons. The largest absolute Gasteiger partial charge is 0.447 e. The van der Waals surface area contributed by atoms with E-state index in [-0.39, 0.29) is 17.9 Å². The van der Waals surface area contributed by atoms with Gasteiger partial charge in [0, 0.05) is 11.3 Å². The van der Waals surface area contributed by atoms with Crippen molar-refractivity contribution in [1.29, 1.82) is 0 Å². The molecule has 5 heteroatoms. The molecule has 20 heavy (non-hydrogen) atoms. The lowest BCUT2D eigenvalue weighted by molar-refractivity contribution is -0.122. The molecule has 0 aromatic heterocycles. The molecule has 2 aliphatic rings. The zero-order valence-electron chi connectivity index (χ0n) is 11.6. The van der Waals surface area contributed by atoms with Gasteiger partial charge in [-0.15, -0.1) is 0 Å². The zero-order valence-corrected chi connectivity index (χ0v) is 11.6. The van der Waals surface area contributed by atoms with Crippen molar-refractivity contribution in [2.75, 3.05) is 11.9 Å². The van der Waals surface area contributed by atoms with E-state index in [4.69, 9.17) is 4.74 Å². The zero-order chi connectivity index (χ0) is 14.3. The van der Waals surface area contributed by atoms with Crippen LogP contribution in [-0.4, -0.2) is 29.5 Å². The molecule has 2 heterocycles. The first-order valence-electron chi connectivity index (χ1n) is 6.98. The van der Waals surface area contributed by atoms with Crippen molar-refractivity contribution in [3.63, 3.8) is 0 Å². The number of nitrogens with zero attached hydrogens (tertiary/aromatic N) is 1. The minimum atomic E-state index is -0.479. The molecule has 1 aromatic rings. The van der Waals surface area contributed by atoms with Gasteiger partial charge in [0.15, 0.2) is 0 Å². The SMILES string of the molecule is CC[C@H](C)[C@H]1C(=O)Nc2ccccc2[C@@H]2COC(=O)N12. The molecule has 1 fully saturated rings. The summed E-state index contributed by atoms with van der Waals surface area (Å²) < 4.78 is 5.19. The second-order valence-corrected chi connectivity index (χ2v) is 5.41.